The van der Waals surface area contributed by atoms with Crippen LogP contribution in [0.3, 0.4) is 0 Å². The Kier molecular flexibility index (Phi) is 7.11. The summed E-state index contributed by atoms with van der Waals surface area (Å²) in [5.41, 5.74) is 2.68. The molecule has 2 heterocycles. The SMILES string of the molecule is CCCCOc1cccc(-c2cc(=O)n(C)c3ccc(C(O)(c4ccc(Cl)cc4)c4cncn4C)cc23)c1. The number of imidazole rings is 1. The molecule has 0 radical (unpaired) electrons. The Labute approximate surface area is 226 Å². The van der Waals surface area contributed by atoms with E-state index in [1.54, 1.807) is 46.9 Å². The average Bonchev–Trinajstić information content (AvgIpc) is 3.37. The summed E-state index contributed by atoms with van der Waals surface area (Å²) in [6, 6.07) is 22.3. The summed E-state index contributed by atoms with van der Waals surface area (Å²) >= 11 is 6.17. The molecule has 0 aliphatic heterocycles. The van der Waals surface area contributed by atoms with E-state index < -0.39 is 5.60 Å². The van der Waals surface area contributed by atoms with E-state index in [-0.39, 0.29) is 5.56 Å². The molecule has 0 aliphatic rings. The molecule has 5 aromatic rings. The third kappa shape index (κ3) is 4.62. The van der Waals surface area contributed by atoms with Crippen molar-refractivity contribution in [1.29, 1.82) is 0 Å². The Morgan fingerprint density at radius 2 is 1.76 bits per heavy atom. The number of aromatic nitrogens is 3. The molecule has 2 aromatic heterocycles. The maximum absolute atomic E-state index is 12.9. The van der Waals surface area contributed by atoms with Crippen molar-refractivity contribution in [2.24, 2.45) is 14.1 Å². The summed E-state index contributed by atoms with van der Waals surface area (Å²) in [6.07, 6.45) is 5.35. The Hall–Kier alpha value is -3.87. The highest BCUT2D eigenvalue weighted by Gasteiger charge is 2.37. The van der Waals surface area contributed by atoms with Gasteiger partial charge in [-0.15, -0.1) is 0 Å². The predicted molar refractivity (Wildman–Crippen MR) is 152 cm³/mol. The zero-order chi connectivity index (χ0) is 26.9. The van der Waals surface area contributed by atoms with Crippen molar-refractivity contribution >= 4 is 22.5 Å². The summed E-state index contributed by atoms with van der Waals surface area (Å²) < 4.78 is 9.36. The normalized spacial score (nSPS) is 13.0. The third-order valence-corrected chi connectivity index (χ3v) is 7.28. The summed E-state index contributed by atoms with van der Waals surface area (Å²) in [4.78, 5) is 17.2. The number of benzene rings is 3. The fourth-order valence-corrected chi connectivity index (χ4v) is 5.00. The van der Waals surface area contributed by atoms with Gasteiger partial charge in [-0.25, -0.2) is 4.98 Å². The van der Waals surface area contributed by atoms with Gasteiger partial charge in [0.15, 0.2) is 5.60 Å². The van der Waals surface area contributed by atoms with Crippen LogP contribution in [0, 0.1) is 0 Å². The number of hydrogen-bond donors (Lipinski definition) is 1. The molecule has 38 heavy (non-hydrogen) atoms. The zero-order valence-electron chi connectivity index (χ0n) is 21.7. The third-order valence-electron chi connectivity index (χ3n) is 7.03. The van der Waals surface area contributed by atoms with Gasteiger partial charge < -0.3 is 19.0 Å². The van der Waals surface area contributed by atoms with E-state index >= 15 is 0 Å². The van der Waals surface area contributed by atoms with Crippen LogP contribution < -0.4 is 10.3 Å². The maximum atomic E-state index is 12.9. The van der Waals surface area contributed by atoms with Gasteiger partial charge in [-0.3, -0.25) is 4.79 Å². The fourth-order valence-electron chi connectivity index (χ4n) is 4.87. The fraction of sp³-hybridized carbons (Fsp3) is 0.226. The smallest absolute Gasteiger partial charge is 0.251 e. The number of nitrogens with zero attached hydrogens (tertiary/aromatic N) is 3. The van der Waals surface area contributed by atoms with Gasteiger partial charge in [-0.1, -0.05) is 55.3 Å². The summed E-state index contributed by atoms with van der Waals surface area (Å²) in [6.45, 7) is 2.76. The molecular weight excluding hydrogens is 498 g/mol. The lowest BCUT2D eigenvalue weighted by Crippen LogP contribution is -2.31. The zero-order valence-corrected chi connectivity index (χ0v) is 22.4. The highest BCUT2D eigenvalue weighted by Crippen LogP contribution is 2.39. The van der Waals surface area contributed by atoms with Gasteiger partial charge in [-0.2, -0.15) is 0 Å². The number of rotatable bonds is 8. The minimum absolute atomic E-state index is 0.114. The molecule has 5 rings (SSSR count). The lowest BCUT2D eigenvalue weighted by Gasteiger charge is -2.30. The highest BCUT2D eigenvalue weighted by atomic mass is 35.5. The molecule has 0 amide bonds. The first-order valence-electron chi connectivity index (χ1n) is 12.7. The number of halogens is 1. The molecule has 0 saturated carbocycles. The monoisotopic (exact) mass is 527 g/mol. The second kappa shape index (κ2) is 10.5. The van der Waals surface area contributed by atoms with E-state index in [0.29, 0.717) is 28.5 Å². The van der Waals surface area contributed by atoms with E-state index in [9.17, 15) is 9.90 Å². The van der Waals surface area contributed by atoms with Crippen molar-refractivity contribution in [3.63, 3.8) is 0 Å². The van der Waals surface area contributed by atoms with Gasteiger partial charge in [0, 0.05) is 30.6 Å². The average molecular weight is 528 g/mol. The van der Waals surface area contributed by atoms with Crippen molar-refractivity contribution in [2.75, 3.05) is 6.61 Å². The van der Waals surface area contributed by atoms with Crippen LogP contribution in [0.15, 0.2) is 90.1 Å². The molecule has 1 unspecified atom stereocenters. The standard InChI is InChI=1S/C31H30ClN3O3/c1-4-5-15-38-25-8-6-7-21(16-25)26-18-30(36)35(3)28-14-11-23(17-27(26)28)31(37,29-19-33-20-34(29)2)22-9-12-24(32)13-10-22/h6-14,16-20,37H,4-5,15H2,1-3H3. The number of ether oxygens (including phenoxy) is 1. The van der Waals surface area contributed by atoms with Crippen LogP contribution >= 0.6 is 11.6 Å². The molecule has 0 spiro atoms. The molecule has 1 N–H and O–H groups in total. The van der Waals surface area contributed by atoms with Crippen LogP contribution in [-0.4, -0.2) is 25.8 Å². The minimum Gasteiger partial charge on any atom is -0.494 e. The van der Waals surface area contributed by atoms with Crippen molar-refractivity contribution in [3.05, 3.63) is 118 Å². The van der Waals surface area contributed by atoms with Gasteiger partial charge in [0.2, 0.25) is 0 Å². The van der Waals surface area contributed by atoms with Gasteiger partial charge in [0.25, 0.3) is 5.56 Å². The van der Waals surface area contributed by atoms with Gasteiger partial charge in [0.05, 0.1) is 30.3 Å². The first-order valence-corrected chi connectivity index (χ1v) is 13.0. The number of aliphatic hydroxyl groups is 1. The van der Waals surface area contributed by atoms with Crippen molar-refractivity contribution in [3.8, 4) is 16.9 Å². The van der Waals surface area contributed by atoms with Crippen molar-refractivity contribution in [2.45, 2.75) is 25.4 Å². The highest BCUT2D eigenvalue weighted by molar-refractivity contribution is 6.30. The molecule has 3 aromatic carbocycles. The molecule has 1 atom stereocenters. The van der Waals surface area contributed by atoms with Crippen molar-refractivity contribution < 1.29 is 9.84 Å². The Morgan fingerprint density at radius 3 is 2.47 bits per heavy atom. The quantitative estimate of drug-likeness (QED) is 0.249. The molecule has 0 fully saturated rings. The number of fused-ring (bicyclic) bond motifs is 1. The molecular formula is C31H30ClN3O3. The molecule has 0 bridgehead atoms. The molecule has 0 saturated heterocycles. The van der Waals surface area contributed by atoms with E-state index in [4.69, 9.17) is 16.3 Å². The Balaban J connectivity index is 1.74. The van der Waals surface area contributed by atoms with Crippen molar-refractivity contribution in [1.82, 2.24) is 14.1 Å². The van der Waals surface area contributed by atoms with Gasteiger partial charge in [-0.05, 0) is 65.1 Å². The van der Waals surface area contributed by atoms with Crippen LogP contribution in [-0.2, 0) is 19.7 Å². The van der Waals surface area contributed by atoms with Crippen LogP contribution in [0.1, 0.15) is 36.6 Å². The van der Waals surface area contributed by atoms with E-state index in [1.165, 1.54) is 0 Å². The first kappa shape index (κ1) is 25.8. The van der Waals surface area contributed by atoms with Gasteiger partial charge in [0.1, 0.15) is 5.75 Å². The second-order valence-electron chi connectivity index (χ2n) is 9.52. The number of hydrogen-bond acceptors (Lipinski definition) is 4. The predicted octanol–water partition coefficient (Wildman–Crippen LogP) is 6.06. The number of aryl methyl sites for hydroxylation is 2. The lowest BCUT2D eigenvalue weighted by atomic mass is 9.82. The van der Waals surface area contributed by atoms with E-state index in [1.807, 2.05) is 61.6 Å². The van der Waals surface area contributed by atoms with E-state index in [0.717, 1.165) is 40.6 Å². The Morgan fingerprint density at radius 1 is 1.00 bits per heavy atom. The van der Waals surface area contributed by atoms with Gasteiger partial charge >= 0.3 is 0 Å². The largest absolute Gasteiger partial charge is 0.494 e. The van der Waals surface area contributed by atoms with Crippen LogP contribution in [0.5, 0.6) is 5.75 Å². The topological polar surface area (TPSA) is 69.3 Å². The summed E-state index contributed by atoms with van der Waals surface area (Å²) in [5, 5.41) is 13.8. The van der Waals surface area contributed by atoms with Crippen LogP contribution in [0.25, 0.3) is 22.0 Å². The molecule has 6 nitrogen and oxygen atoms in total. The summed E-state index contributed by atoms with van der Waals surface area (Å²) in [5.74, 6) is 0.758. The Bertz CT molecular complexity index is 1660. The number of pyridine rings is 1. The summed E-state index contributed by atoms with van der Waals surface area (Å²) in [7, 11) is 3.61. The number of unbranched alkanes of at least 4 members (excludes halogenated alkanes) is 1. The molecule has 194 valence electrons. The maximum Gasteiger partial charge on any atom is 0.251 e. The second-order valence-corrected chi connectivity index (χ2v) is 9.96. The minimum atomic E-state index is -1.51. The lowest BCUT2D eigenvalue weighted by molar-refractivity contribution is 0.117. The molecule has 7 heteroatoms. The van der Waals surface area contributed by atoms with E-state index in [2.05, 4.69) is 11.9 Å². The first-order chi connectivity index (χ1) is 18.3. The van der Waals surface area contributed by atoms with Crippen LogP contribution in [0.2, 0.25) is 5.02 Å². The van der Waals surface area contributed by atoms with Crippen LogP contribution in [0.4, 0.5) is 0 Å². The molecule has 0 aliphatic carbocycles.